The lowest BCUT2D eigenvalue weighted by Crippen LogP contribution is -2.64. The van der Waals surface area contributed by atoms with Gasteiger partial charge in [-0.05, 0) is 43.4 Å². The summed E-state index contributed by atoms with van der Waals surface area (Å²) in [4.78, 5) is 40.7. The van der Waals surface area contributed by atoms with Gasteiger partial charge in [0.05, 0.1) is 31.2 Å². The first-order valence-corrected chi connectivity index (χ1v) is 15.4. The lowest BCUT2D eigenvalue weighted by molar-refractivity contribution is -0.157. The van der Waals surface area contributed by atoms with Gasteiger partial charge in [0.25, 0.3) is 0 Å². The smallest absolute Gasteiger partial charge is 0.409 e. The van der Waals surface area contributed by atoms with Gasteiger partial charge in [-0.15, -0.1) is 0 Å². The molecule has 2 amide bonds. The van der Waals surface area contributed by atoms with E-state index in [9.17, 15) is 19.5 Å². The van der Waals surface area contributed by atoms with Crippen LogP contribution >= 0.6 is 11.6 Å². The molecule has 0 radical (unpaired) electrons. The molecule has 0 spiro atoms. The Hall–Kier alpha value is -2.86. The van der Waals surface area contributed by atoms with E-state index in [0.29, 0.717) is 24.3 Å². The van der Waals surface area contributed by atoms with E-state index in [0.717, 1.165) is 5.56 Å². The average Bonchev–Trinajstić information content (AvgIpc) is 3.66. The number of nitrogens with one attached hydrogen (secondary N) is 1. The Bertz CT molecular complexity index is 1290. The zero-order chi connectivity index (χ0) is 32.6. The Balaban J connectivity index is 1.76. The van der Waals surface area contributed by atoms with Crippen molar-refractivity contribution < 1.29 is 43.2 Å². The van der Waals surface area contributed by atoms with Crippen molar-refractivity contribution >= 4 is 35.3 Å². The van der Waals surface area contributed by atoms with Gasteiger partial charge < -0.3 is 33.7 Å². The molecule has 2 fully saturated rings. The molecule has 4 rings (SSSR count). The first-order valence-electron chi connectivity index (χ1n) is 15.0. The maximum atomic E-state index is 13.8. The van der Waals surface area contributed by atoms with E-state index in [1.54, 1.807) is 27.8 Å². The molecule has 0 unspecified atom stereocenters. The summed E-state index contributed by atoms with van der Waals surface area (Å²) in [6.07, 6.45) is 0.974. The van der Waals surface area contributed by atoms with Crippen LogP contribution in [-0.2, 0) is 35.0 Å². The number of anilines is 1. The normalized spacial score (nSPS) is 35.3. The monoisotopic (exact) mass is 636 g/mol. The largest absolute Gasteiger partial charge is 0.495 e. The number of epoxide rings is 1. The second kappa shape index (κ2) is 13.2. The van der Waals surface area contributed by atoms with Crippen molar-refractivity contribution in [1.82, 2.24) is 5.32 Å². The van der Waals surface area contributed by atoms with Crippen molar-refractivity contribution in [1.29, 1.82) is 0 Å². The number of esters is 1. The Labute approximate surface area is 264 Å². The van der Waals surface area contributed by atoms with E-state index < -0.39 is 59.6 Å². The number of carbonyl (C=O) groups is 3. The summed E-state index contributed by atoms with van der Waals surface area (Å²) in [6.45, 7) is 9.09. The van der Waals surface area contributed by atoms with Gasteiger partial charge >= 0.3 is 12.1 Å². The fourth-order valence-electron chi connectivity index (χ4n) is 6.15. The number of fused-ring (bicyclic) bond motifs is 5. The minimum absolute atomic E-state index is 0.0417. The molecule has 2 N–H and O–H groups in total. The summed E-state index contributed by atoms with van der Waals surface area (Å²) in [7, 11) is 4.62. The number of methoxy groups -OCH3 is 2. The van der Waals surface area contributed by atoms with Crippen LogP contribution < -0.4 is 15.0 Å². The molecule has 2 saturated heterocycles. The maximum Gasteiger partial charge on any atom is 0.409 e. The zero-order valence-electron chi connectivity index (χ0n) is 26.7. The number of rotatable bonds is 4. The predicted octanol–water partition coefficient (Wildman–Crippen LogP) is 4.40. The minimum Gasteiger partial charge on any atom is -0.495 e. The molecule has 0 aliphatic carbocycles. The number of alkyl carbamates (subject to hydrolysis) is 1. The van der Waals surface area contributed by atoms with E-state index in [1.165, 1.54) is 19.1 Å². The Morgan fingerprint density at radius 2 is 1.89 bits per heavy atom. The third-order valence-corrected chi connectivity index (χ3v) is 9.38. The number of ether oxygens (including phenoxy) is 5. The third kappa shape index (κ3) is 7.01. The van der Waals surface area contributed by atoms with Crippen LogP contribution in [0.2, 0.25) is 5.02 Å². The van der Waals surface area contributed by atoms with Gasteiger partial charge in [0, 0.05) is 26.5 Å². The second-order valence-electron chi connectivity index (χ2n) is 12.7. The zero-order valence-corrected chi connectivity index (χ0v) is 27.5. The molecule has 12 heteroatoms. The molecule has 1 aromatic carbocycles. The van der Waals surface area contributed by atoms with E-state index in [2.05, 4.69) is 5.32 Å². The maximum absolute atomic E-state index is 13.8. The van der Waals surface area contributed by atoms with Crippen molar-refractivity contribution in [2.75, 3.05) is 26.2 Å². The fourth-order valence-corrected chi connectivity index (χ4v) is 6.46. The summed E-state index contributed by atoms with van der Waals surface area (Å²) in [5, 5.41) is 14.5. The molecule has 11 nitrogen and oxygen atoms in total. The number of aliphatic hydroxyl groups is 1. The fraction of sp³-hybridized carbons (Fsp3) is 0.656. The molecule has 0 aromatic heterocycles. The Morgan fingerprint density at radius 1 is 1.18 bits per heavy atom. The number of amides is 2. The van der Waals surface area contributed by atoms with Gasteiger partial charge in [0.2, 0.25) is 5.91 Å². The molecule has 4 bridgehead atoms. The van der Waals surface area contributed by atoms with Crippen molar-refractivity contribution in [2.45, 2.75) is 96.0 Å². The number of hydrogen-bond acceptors (Lipinski definition) is 9. The van der Waals surface area contributed by atoms with Gasteiger partial charge in [-0.2, -0.15) is 0 Å². The van der Waals surface area contributed by atoms with E-state index in [1.807, 2.05) is 38.1 Å². The number of carbonyl (C=O) groups excluding carboxylic acids is 3. The molecule has 244 valence electrons. The average molecular weight is 637 g/mol. The van der Waals surface area contributed by atoms with Crippen LogP contribution in [0.3, 0.4) is 0 Å². The van der Waals surface area contributed by atoms with Crippen LogP contribution in [0.1, 0.15) is 59.4 Å². The van der Waals surface area contributed by atoms with Crippen LogP contribution in [0, 0.1) is 17.8 Å². The quantitative estimate of drug-likeness (QED) is 0.280. The summed E-state index contributed by atoms with van der Waals surface area (Å²) >= 11 is 6.69. The Morgan fingerprint density at radius 3 is 2.52 bits per heavy atom. The summed E-state index contributed by atoms with van der Waals surface area (Å²) < 4.78 is 28.9. The molecule has 44 heavy (non-hydrogen) atoms. The molecular formula is C32H45ClN2O9. The highest BCUT2D eigenvalue weighted by molar-refractivity contribution is 6.35. The van der Waals surface area contributed by atoms with Crippen molar-refractivity contribution in [3.05, 3.63) is 34.9 Å². The van der Waals surface area contributed by atoms with Crippen LogP contribution in [0.4, 0.5) is 10.5 Å². The van der Waals surface area contributed by atoms with Gasteiger partial charge in [0.15, 0.2) is 5.72 Å². The highest BCUT2D eigenvalue weighted by Crippen LogP contribution is 2.49. The molecule has 0 saturated carbocycles. The highest BCUT2D eigenvalue weighted by Gasteiger charge is 2.64. The van der Waals surface area contributed by atoms with Gasteiger partial charge in [-0.3, -0.25) is 14.9 Å². The number of nitrogens with zero attached hydrogens (tertiary/aromatic N) is 1. The Kier molecular flexibility index (Phi) is 10.2. The van der Waals surface area contributed by atoms with Crippen molar-refractivity contribution in [2.24, 2.45) is 17.8 Å². The molecule has 3 aliphatic heterocycles. The lowest BCUT2D eigenvalue weighted by atomic mass is 9.83. The summed E-state index contributed by atoms with van der Waals surface area (Å²) in [6, 6.07) is 3.70. The van der Waals surface area contributed by atoms with Crippen molar-refractivity contribution in [3.8, 4) is 5.75 Å². The van der Waals surface area contributed by atoms with Crippen LogP contribution in [0.5, 0.6) is 5.75 Å². The second-order valence-corrected chi connectivity index (χ2v) is 13.1. The van der Waals surface area contributed by atoms with Gasteiger partial charge in [-0.1, -0.05) is 51.4 Å². The molecular weight excluding hydrogens is 592 g/mol. The molecule has 3 heterocycles. The van der Waals surface area contributed by atoms with Crippen molar-refractivity contribution in [3.63, 3.8) is 0 Å². The lowest BCUT2D eigenvalue weighted by Gasteiger charge is -2.42. The molecule has 3 aliphatic rings. The van der Waals surface area contributed by atoms with Crippen LogP contribution in [0.25, 0.3) is 0 Å². The predicted molar refractivity (Wildman–Crippen MR) is 164 cm³/mol. The van der Waals surface area contributed by atoms with Gasteiger partial charge in [0.1, 0.15) is 34.7 Å². The summed E-state index contributed by atoms with van der Waals surface area (Å²) in [5.74, 6) is -1.18. The SMILES string of the molecule is COc1cc2cc(c1Cl)N(C)C(=O)C[C@H](OC(=O)C(C)C)[C@]1(C)O[C@H]1[C@@H](C)[C@@H]1C[C@@](O)(NC(=O)O1)[C@H](OC)C/C=C/[C@@H](C)C2. The topological polar surface area (TPSA) is 136 Å². The first-order chi connectivity index (χ1) is 20.6. The standard InChI is InChI=1S/C32H45ClN2O9/c1-17(2)29(37)43-25-15-26(36)35(6)21-13-20(14-22(40-7)27(21)33)12-18(3)10-9-11-24(41-8)32(39)16-23(42-30(38)34-32)19(4)28-31(25,5)44-28/h9-10,13-14,17-19,23-25,28,39H,11-12,15-16H2,1-8H3,(H,34,38)/b10-9+/t18-,19+,23+,24-,25+,28+,31+,32+/m1/s1. The van der Waals surface area contributed by atoms with Crippen LogP contribution in [-0.4, -0.2) is 80.1 Å². The molecule has 8 atom stereocenters. The van der Waals surface area contributed by atoms with Gasteiger partial charge in [-0.25, -0.2) is 4.79 Å². The van der Waals surface area contributed by atoms with E-state index >= 15 is 0 Å². The number of halogens is 1. The number of benzene rings is 1. The number of allylic oxidation sites excluding steroid dienone is 1. The van der Waals surface area contributed by atoms with Crippen LogP contribution in [0.15, 0.2) is 24.3 Å². The third-order valence-electron chi connectivity index (χ3n) is 9.00. The van der Waals surface area contributed by atoms with E-state index in [-0.39, 0.29) is 29.7 Å². The minimum atomic E-state index is -1.70. The first kappa shape index (κ1) is 34.0. The molecule has 1 aromatic rings. The highest BCUT2D eigenvalue weighted by atomic mass is 35.5. The van der Waals surface area contributed by atoms with E-state index in [4.69, 9.17) is 35.3 Å². The summed E-state index contributed by atoms with van der Waals surface area (Å²) in [5.41, 5.74) is -1.40. The number of hydrogen-bond donors (Lipinski definition) is 2.